The molecule has 16 heavy (non-hydrogen) atoms. The molecule has 0 bridgehead atoms. The van der Waals surface area contributed by atoms with Gasteiger partial charge in [0.1, 0.15) is 0 Å². The highest BCUT2D eigenvalue weighted by Gasteiger charge is 2.20. The molecule has 1 atom stereocenters. The van der Waals surface area contributed by atoms with Crippen LogP contribution in [0.25, 0.3) is 0 Å². The number of nitrogens with one attached hydrogen (secondary N) is 1. The summed E-state index contributed by atoms with van der Waals surface area (Å²) in [5.41, 5.74) is 4.34. The summed E-state index contributed by atoms with van der Waals surface area (Å²) in [7, 11) is 0. The normalized spacial score (nSPS) is 17.4. The van der Waals surface area contributed by atoms with E-state index in [2.05, 4.69) is 44.3 Å². The molecule has 1 aromatic carbocycles. The third-order valence-corrected chi connectivity index (χ3v) is 3.55. The molecule has 1 aliphatic rings. The van der Waals surface area contributed by atoms with Crippen LogP contribution in [0.4, 0.5) is 0 Å². The van der Waals surface area contributed by atoms with Crippen molar-refractivity contribution in [3.8, 4) is 0 Å². The van der Waals surface area contributed by atoms with E-state index in [0.717, 1.165) is 6.04 Å². The minimum atomic E-state index is 0.672. The van der Waals surface area contributed by atoms with E-state index < -0.39 is 0 Å². The Kier molecular flexibility index (Phi) is 3.65. The van der Waals surface area contributed by atoms with Crippen LogP contribution in [0.15, 0.2) is 18.2 Å². The second-order valence-electron chi connectivity index (χ2n) is 5.28. The van der Waals surface area contributed by atoms with E-state index >= 15 is 0 Å². The van der Waals surface area contributed by atoms with E-state index in [1.54, 1.807) is 0 Å². The van der Waals surface area contributed by atoms with Crippen molar-refractivity contribution in [1.29, 1.82) is 0 Å². The van der Waals surface area contributed by atoms with Gasteiger partial charge in [-0.1, -0.05) is 30.7 Å². The molecule has 88 valence electrons. The molecular formula is C15H23N. The fraction of sp³-hybridized carbons (Fsp3) is 0.600. The van der Waals surface area contributed by atoms with Crippen molar-refractivity contribution in [2.24, 2.45) is 0 Å². The molecule has 1 nitrogen and oxygen atoms in total. The summed E-state index contributed by atoms with van der Waals surface area (Å²) in [4.78, 5) is 0. The van der Waals surface area contributed by atoms with Gasteiger partial charge in [0.05, 0.1) is 0 Å². The average Bonchev–Trinajstić information content (AvgIpc) is 3.05. The quantitative estimate of drug-likeness (QED) is 0.795. The third-order valence-electron chi connectivity index (χ3n) is 3.55. The smallest absolute Gasteiger partial charge is 0.00682 e. The maximum Gasteiger partial charge on any atom is 0.00682 e. The minimum absolute atomic E-state index is 0.672. The van der Waals surface area contributed by atoms with Gasteiger partial charge in [-0.25, -0.2) is 0 Å². The second-order valence-corrected chi connectivity index (χ2v) is 5.28. The molecule has 0 radical (unpaired) electrons. The molecule has 0 aromatic heterocycles. The van der Waals surface area contributed by atoms with Gasteiger partial charge in [-0.15, -0.1) is 0 Å². The standard InChI is InChI=1S/C15H23N/c1-11-4-5-12(2)15(10-11)13(3)8-9-16-14-6-7-14/h4-5,10,13-14,16H,6-9H2,1-3H3. The van der Waals surface area contributed by atoms with Crippen LogP contribution in [0, 0.1) is 13.8 Å². The molecule has 1 saturated carbocycles. The van der Waals surface area contributed by atoms with Crippen molar-refractivity contribution >= 4 is 0 Å². The van der Waals surface area contributed by atoms with Gasteiger partial charge in [-0.05, 0) is 56.7 Å². The zero-order valence-electron chi connectivity index (χ0n) is 10.7. The lowest BCUT2D eigenvalue weighted by Crippen LogP contribution is -2.19. The molecule has 0 saturated heterocycles. The van der Waals surface area contributed by atoms with E-state index in [1.807, 2.05) is 0 Å². The van der Waals surface area contributed by atoms with Crippen LogP contribution < -0.4 is 5.32 Å². The molecule has 1 unspecified atom stereocenters. The maximum atomic E-state index is 3.59. The zero-order valence-corrected chi connectivity index (χ0v) is 10.7. The van der Waals surface area contributed by atoms with Crippen molar-refractivity contribution in [3.63, 3.8) is 0 Å². The number of rotatable bonds is 5. The maximum absolute atomic E-state index is 3.59. The highest BCUT2D eigenvalue weighted by molar-refractivity contribution is 5.32. The molecular weight excluding hydrogens is 194 g/mol. The number of benzene rings is 1. The van der Waals surface area contributed by atoms with Crippen LogP contribution in [0.2, 0.25) is 0 Å². The first-order valence-corrected chi connectivity index (χ1v) is 6.47. The van der Waals surface area contributed by atoms with E-state index in [4.69, 9.17) is 0 Å². The molecule has 0 heterocycles. The Labute approximate surface area is 99.3 Å². The molecule has 0 amide bonds. The Hall–Kier alpha value is -0.820. The number of aryl methyl sites for hydroxylation is 2. The molecule has 1 N–H and O–H groups in total. The lowest BCUT2D eigenvalue weighted by atomic mass is 9.92. The van der Waals surface area contributed by atoms with E-state index in [0.29, 0.717) is 5.92 Å². The van der Waals surface area contributed by atoms with E-state index in [-0.39, 0.29) is 0 Å². The minimum Gasteiger partial charge on any atom is -0.314 e. The summed E-state index contributed by atoms with van der Waals surface area (Å²) in [6, 6.07) is 7.63. The van der Waals surface area contributed by atoms with E-state index in [9.17, 15) is 0 Å². The van der Waals surface area contributed by atoms with Gasteiger partial charge in [-0.2, -0.15) is 0 Å². The SMILES string of the molecule is Cc1ccc(C)c(C(C)CCNC2CC2)c1. The molecule has 0 aliphatic heterocycles. The molecule has 2 rings (SSSR count). The van der Waals surface area contributed by atoms with Gasteiger partial charge < -0.3 is 5.32 Å². The molecule has 1 aromatic rings. The summed E-state index contributed by atoms with van der Waals surface area (Å²) >= 11 is 0. The topological polar surface area (TPSA) is 12.0 Å². The predicted octanol–water partition coefficient (Wildman–Crippen LogP) is 3.55. The van der Waals surface area contributed by atoms with Crippen LogP contribution in [0.1, 0.15) is 48.8 Å². The lowest BCUT2D eigenvalue weighted by Gasteiger charge is -2.15. The fourth-order valence-electron chi connectivity index (χ4n) is 2.24. The fourth-order valence-corrected chi connectivity index (χ4v) is 2.24. The van der Waals surface area contributed by atoms with Gasteiger partial charge in [0.2, 0.25) is 0 Å². The zero-order chi connectivity index (χ0) is 11.5. The van der Waals surface area contributed by atoms with Crippen LogP contribution in [-0.2, 0) is 0 Å². The number of hydrogen-bond donors (Lipinski definition) is 1. The highest BCUT2D eigenvalue weighted by Crippen LogP contribution is 2.24. The first-order chi connectivity index (χ1) is 7.66. The highest BCUT2D eigenvalue weighted by atomic mass is 14.9. The van der Waals surface area contributed by atoms with Crippen LogP contribution in [0.5, 0.6) is 0 Å². The molecule has 1 fully saturated rings. The Bertz CT molecular complexity index is 352. The van der Waals surface area contributed by atoms with Crippen LogP contribution in [-0.4, -0.2) is 12.6 Å². The largest absolute Gasteiger partial charge is 0.314 e. The van der Waals surface area contributed by atoms with Crippen LogP contribution in [0.3, 0.4) is 0 Å². The Morgan fingerprint density at radius 1 is 1.31 bits per heavy atom. The molecule has 1 heteroatoms. The van der Waals surface area contributed by atoms with Gasteiger partial charge in [0.15, 0.2) is 0 Å². The van der Waals surface area contributed by atoms with Crippen LogP contribution >= 0.6 is 0 Å². The second kappa shape index (κ2) is 5.01. The summed E-state index contributed by atoms with van der Waals surface area (Å²) in [6.07, 6.45) is 4.02. The van der Waals surface area contributed by atoms with Gasteiger partial charge >= 0.3 is 0 Å². The molecule has 1 aliphatic carbocycles. The molecule has 0 spiro atoms. The van der Waals surface area contributed by atoms with Crippen molar-refractivity contribution < 1.29 is 0 Å². The van der Waals surface area contributed by atoms with Gasteiger partial charge in [-0.3, -0.25) is 0 Å². The van der Waals surface area contributed by atoms with Gasteiger partial charge in [0.25, 0.3) is 0 Å². The first kappa shape index (κ1) is 11.7. The summed E-state index contributed by atoms with van der Waals surface area (Å²) in [5.74, 6) is 0.672. The van der Waals surface area contributed by atoms with Crippen molar-refractivity contribution in [2.75, 3.05) is 6.54 Å². The first-order valence-electron chi connectivity index (χ1n) is 6.47. The van der Waals surface area contributed by atoms with Crippen molar-refractivity contribution in [3.05, 3.63) is 34.9 Å². The van der Waals surface area contributed by atoms with Crippen molar-refractivity contribution in [2.45, 2.75) is 52.0 Å². The lowest BCUT2D eigenvalue weighted by molar-refractivity contribution is 0.590. The summed E-state index contributed by atoms with van der Waals surface area (Å²) in [5, 5.41) is 3.59. The Morgan fingerprint density at radius 3 is 2.75 bits per heavy atom. The Balaban J connectivity index is 1.90. The number of hydrogen-bond acceptors (Lipinski definition) is 1. The predicted molar refractivity (Wildman–Crippen MR) is 70.0 cm³/mol. The average molecular weight is 217 g/mol. The monoisotopic (exact) mass is 217 g/mol. The Morgan fingerprint density at radius 2 is 2.06 bits per heavy atom. The van der Waals surface area contributed by atoms with E-state index in [1.165, 1.54) is 42.5 Å². The summed E-state index contributed by atoms with van der Waals surface area (Å²) in [6.45, 7) is 7.91. The third kappa shape index (κ3) is 3.08. The van der Waals surface area contributed by atoms with Crippen molar-refractivity contribution in [1.82, 2.24) is 5.32 Å². The summed E-state index contributed by atoms with van der Waals surface area (Å²) < 4.78 is 0. The van der Waals surface area contributed by atoms with Gasteiger partial charge in [0, 0.05) is 6.04 Å².